The summed E-state index contributed by atoms with van der Waals surface area (Å²) in [7, 11) is -4.49. The summed E-state index contributed by atoms with van der Waals surface area (Å²) in [4.78, 5) is -0.354. The van der Waals surface area contributed by atoms with Crippen molar-refractivity contribution in [1.82, 2.24) is 0 Å². The molecule has 2 aromatic rings. The number of hydrogen-bond acceptors (Lipinski definition) is 4. The third-order valence-corrected chi connectivity index (χ3v) is 4.19. The van der Waals surface area contributed by atoms with Crippen LogP contribution in [-0.4, -0.2) is 21.1 Å². The van der Waals surface area contributed by atoms with Crippen LogP contribution in [0.3, 0.4) is 0 Å². The molecule has 0 heterocycles. The molecular weight excluding hydrogens is 371 g/mol. The second-order valence-electron chi connectivity index (χ2n) is 4.97. The summed E-state index contributed by atoms with van der Waals surface area (Å²) in [6, 6.07) is 5.59. The molecule has 10 heteroatoms. The van der Waals surface area contributed by atoms with Crippen molar-refractivity contribution < 1.29 is 39.3 Å². The summed E-state index contributed by atoms with van der Waals surface area (Å²) in [6.07, 6.45) is -4.24. The minimum atomic E-state index is -4.49. The van der Waals surface area contributed by atoms with E-state index in [-0.39, 0.29) is 17.0 Å². The normalized spacial score (nSPS) is 12.2. The van der Waals surface area contributed by atoms with E-state index in [9.17, 15) is 30.4 Å². The summed E-state index contributed by atoms with van der Waals surface area (Å²) < 4.78 is 97.8. The molecule has 0 saturated carbocycles. The molecule has 0 saturated heterocycles. The number of ether oxygens (including phenoxy) is 1. The highest BCUT2D eigenvalue weighted by molar-refractivity contribution is 7.86. The van der Waals surface area contributed by atoms with E-state index in [1.807, 2.05) is 0 Å². The first-order valence-electron chi connectivity index (χ1n) is 6.68. The summed E-state index contributed by atoms with van der Waals surface area (Å²) in [5.74, 6) is -6.36. The molecule has 0 amide bonds. The van der Waals surface area contributed by atoms with Crippen molar-refractivity contribution in [3.63, 3.8) is 0 Å². The SMILES string of the molecule is Cc1ccc(S(=O)(=O)OCC(F)(F)Oc2cc(F)c(F)c(F)c2)cc1. The lowest BCUT2D eigenvalue weighted by Crippen LogP contribution is -2.32. The van der Waals surface area contributed by atoms with Crippen molar-refractivity contribution in [3.8, 4) is 5.75 Å². The van der Waals surface area contributed by atoms with Crippen LogP contribution in [0.4, 0.5) is 22.0 Å². The Morgan fingerprint density at radius 2 is 1.52 bits per heavy atom. The Hall–Kier alpha value is -2.20. The smallest absolute Gasteiger partial charge is 0.423 e. The molecule has 0 aromatic heterocycles. The van der Waals surface area contributed by atoms with Crippen LogP contribution in [-0.2, 0) is 14.3 Å². The van der Waals surface area contributed by atoms with Crippen molar-refractivity contribution in [2.45, 2.75) is 17.9 Å². The van der Waals surface area contributed by atoms with Crippen LogP contribution in [0.25, 0.3) is 0 Å². The first-order chi connectivity index (χ1) is 11.5. The van der Waals surface area contributed by atoms with Gasteiger partial charge in [0.2, 0.25) is 0 Å². The van der Waals surface area contributed by atoms with E-state index in [0.717, 1.165) is 17.7 Å². The quantitative estimate of drug-likeness (QED) is 0.433. The number of aryl methyl sites for hydroxylation is 1. The average Bonchev–Trinajstić information content (AvgIpc) is 2.51. The van der Waals surface area contributed by atoms with E-state index in [1.54, 1.807) is 6.92 Å². The predicted molar refractivity (Wildman–Crippen MR) is 76.2 cm³/mol. The maximum atomic E-state index is 13.6. The van der Waals surface area contributed by atoms with Crippen molar-refractivity contribution in [3.05, 3.63) is 59.4 Å². The Labute approximate surface area is 139 Å². The third kappa shape index (κ3) is 4.89. The second-order valence-corrected chi connectivity index (χ2v) is 6.59. The van der Waals surface area contributed by atoms with Gasteiger partial charge in [0, 0.05) is 12.1 Å². The minimum Gasteiger partial charge on any atom is -0.431 e. The van der Waals surface area contributed by atoms with Gasteiger partial charge in [0.1, 0.15) is 5.75 Å². The van der Waals surface area contributed by atoms with Gasteiger partial charge in [-0.05, 0) is 19.1 Å². The fourth-order valence-corrected chi connectivity index (χ4v) is 2.61. The van der Waals surface area contributed by atoms with Gasteiger partial charge in [0.15, 0.2) is 24.1 Å². The summed E-state index contributed by atoms with van der Waals surface area (Å²) >= 11 is 0. The molecule has 0 aliphatic heterocycles. The number of benzene rings is 2. The molecule has 0 aliphatic carbocycles. The number of halogens is 5. The first-order valence-corrected chi connectivity index (χ1v) is 8.08. The fourth-order valence-electron chi connectivity index (χ4n) is 1.71. The molecule has 0 spiro atoms. The summed E-state index contributed by atoms with van der Waals surface area (Å²) in [5, 5.41) is 0. The van der Waals surface area contributed by atoms with Crippen molar-refractivity contribution in [2.75, 3.05) is 6.61 Å². The monoisotopic (exact) mass is 382 g/mol. The second kappa shape index (κ2) is 6.96. The van der Waals surface area contributed by atoms with Gasteiger partial charge < -0.3 is 4.74 Å². The number of hydrogen-bond donors (Lipinski definition) is 0. The molecule has 4 nitrogen and oxygen atoms in total. The fraction of sp³-hybridized carbons (Fsp3) is 0.200. The van der Waals surface area contributed by atoms with Crippen LogP contribution >= 0.6 is 0 Å². The molecule has 0 atom stereocenters. The van der Waals surface area contributed by atoms with E-state index in [4.69, 9.17) is 0 Å². The molecule has 25 heavy (non-hydrogen) atoms. The van der Waals surface area contributed by atoms with Gasteiger partial charge in [0.05, 0.1) is 4.90 Å². The van der Waals surface area contributed by atoms with Crippen molar-refractivity contribution in [2.24, 2.45) is 0 Å². The Morgan fingerprint density at radius 3 is 2.04 bits per heavy atom. The van der Waals surface area contributed by atoms with E-state index < -0.39 is 46.0 Å². The maximum Gasteiger partial charge on any atom is 0.423 e. The summed E-state index contributed by atoms with van der Waals surface area (Å²) in [5.41, 5.74) is 0.743. The van der Waals surface area contributed by atoms with Crippen LogP contribution < -0.4 is 4.74 Å². The van der Waals surface area contributed by atoms with Gasteiger partial charge in [-0.25, -0.2) is 13.2 Å². The number of rotatable bonds is 6. The molecule has 2 aromatic carbocycles. The van der Waals surface area contributed by atoms with Gasteiger partial charge in [-0.15, -0.1) is 0 Å². The largest absolute Gasteiger partial charge is 0.431 e. The summed E-state index contributed by atoms with van der Waals surface area (Å²) in [6.45, 7) is -0.0516. The molecule has 0 N–H and O–H groups in total. The van der Waals surface area contributed by atoms with E-state index >= 15 is 0 Å². The Bertz CT molecular complexity index is 843. The lowest BCUT2D eigenvalue weighted by Gasteiger charge is -2.18. The molecule has 0 aliphatic rings. The van der Waals surface area contributed by atoms with E-state index in [0.29, 0.717) is 0 Å². The van der Waals surface area contributed by atoms with E-state index in [1.165, 1.54) is 12.1 Å². The molecule has 136 valence electrons. The third-order valence-electron chi connectivity index (χ3n) is 2.92. The Balaban J connectivity index is 2.09. The average molecular weight is 382 g/mol. The molecule has 0 unspecified atom stereocenters. The van der Waals surface area contributed by atoms with Gasteiger partial charge in [-0.1, -0.05) is 17.7 Å². The zero-order valence-electron chi connectivity index (χ0n) is 12.6. The molecular formula is C15H11F5O4S. The molecule has 0 bridgehead atoms. The first kappa shape index (κ1) is 19.1. The van der Waals surface area contributed by atoms with Crippen LogP contribution in [0, 0.1) is 24.4 Å². The van der Waals surface area contributed by atoms with Crippen LogP contribution in [0.2, 0.25) is 0 Å². The predicted octanol–water partition coefficient (Wildman–Crippen LogP) is 3.79. The van der Waals surface area contributed by atoms with E-state index in [2.05, 4.69) is 8.92 Å². The number of alkyl halides is 2. The Kier molecular flexibility index (Phi) is 5.33. The van der Waals surface area contributed by atoms with Gasteiger partial charge in [0.25, 0.3) is 10.1 Å². The lowest BCUT2D eigenvalue weighted by molar-refractivity contribution is -0.195. The van der Waals surface area contributed by atoms with Crippen LogP contribution in [0.5, 0.6) is 5.75 Å². The zero-order valence-corrected chi connectivity index (χ0v) is 13.4. The van der Waals surface area contributed by atoms with Gasteiger partial charge in [-0.2, -0.15) is 17.2 Å². The van der Waals surface area contributed by atoms with Gasteiger partial charge >= 0.3 is 6.11 Å². The minimum absolute atomic E-state index is 0.195. The lowest BCUT2D eigenvalue weighted by atomic mass is 10.2. The topological polar surface area (TPSA) is 52.6 Å². The van der Waals surface area contributed by atoms with Crippen LogP contribution in [0.15, 0.2) is 41.3 Å². The highest BCUT2D eigenvalue weighted by atomic mass is 32.2. The van der Waals surface area contributed by atoms with Crippen molar-refractivity contribution in [1.29, 1.82) is 0 Å². The molecule has 0 radical (unpaired) electrons. The molecule has 0 fully saturated rings. The zero-order chi connectivity index (χ0) is 18.8. The highest BCUT2D eigenvalue weighted by Crippen LogP contribution is 2.26. The maximum absolute atomic E-state index is 13.6. The standard InChI is InChI=1S/C15H11F5O4S/c1-9-2-4-11(5-3-9)25(21,22)23-8-15(19,20)24-10-6-12(16)14(18)13(17)7-10/h2-7H,8H2,1H3. The van der Waals surface area contributed by atoms with Gasteiger partial charge in [-0.3, -0.25) is 4.18 Å². The Morgan fingerprint density at radius 1 is 1.00 bits per heavy atom. The molecule has 2 rings (SSSR count). The van der Waals surface area contributed by atoms with Crippen LogP contribution in [0.1, 0.15) is 5.56 Å². The van der Waals surface area contributed by atoms with Crippen molar-refractivity contribution >= 4 is 10.1 Å². The highest BCUT2D eigenvalue weighted by Gasteiger charge is 2.35.